The molecule has 2 aliphatic heterocycles. The van der Waals surface area contributed by atoms with Gasteiger partial charge >= 0.3 is 11.9 Å². The zero-order valence-electron chi connectivity index (χ0n) is 27.3. The number of aliphatic carboxylic acids is 1. The van der Waals surface area contributed by atoms with E-state index in [1.807, 2.05) is 12.2 Å². The van der Waals surface area contributed by atoms with Gasteiger partial charge in [0.2, 0.25) is 11.8 Å². The molecule has 47 heavy (non-hydrogen) atoms. The van der Waals surface area contributed by atoms with E-state index < -0.39 is 70.2 Å². The Bertz CT molecular complexity index is 1570. The van der Waals surface area contributed by atoms with Crippen molar-refractivity contribution < 1.29 is 42.5 Å². The molecule has 1 aromatic heterocycles. The monoisotopic (exact) mass is 655 g/mol. The Morgan fingerprint density at radius 2 is 1.77 bits per heavy atom. The Morgan fingerprint density at radius 1 is 1.06 bits per heavy atom. The fraction of sp³-hybridized carbons (Fsp3) is 0.600. The summed E-state index contributed by atoms with van der Waals surface area (Å²) in [5.74, 6) is -7.40. The molecule has 10 nitrogen and oxygen atoms in total. The van der Waals surface area contributed by atoms with Gasteiger partial charge in [0.25, 0.3) is 5.92 Å². The van der Waals surface area contributed by atoms with Gasteiger partial charge in [0.15, 0.2) is 11.5 Å². The van der Waals surface area contributed by atoms with Crippen molar-refractivity contribution in [3.63, 3.8) is 0 Å². The number of rotatable bonds is 6. The van der Waals surface area contributed by atoms with Crippen LogP contribution in [0.15, 0.2) is 36.4 Å². The first kappa shape index (κ1) is 34.4. The molecule has 1 N–H and O–H groups in total. The van der Waals surface area contributed by atoms with Crippen LogP contribution in [0.25, 0.3) is 11.0 Å². The summed E-state index contributed by atoms with van der Waals surface area (Å²) in [6.45, 7) is 5.77. The number of aromatic nitrogens is 2. The Morgan fingerprint density at radius 3 is 2.43 bits per heavy atom. The topological polar surface area (TPSA) is 136 Å². The summed E-state index contributed by atoms with van der Waals surface area (Å²) < 4.78 is 41.1. The highest BCUT2D eigenvalue weighted by atomic mass is 19.3. The van der Waals surface area contributed by atoms with Gasteiger partial charge in [0.1, 0.15) is 11.7 Å². The lowest BCUT2D eigenvalue weighted by atomic mass is 9.91. The molecule has 1 saturated carbocycles. The zero-order valence-corrected chi connectivity index (χ0v) is 27.3. The summed E-state index contributed by atoms with van der Waals surface area (Å²) in [6, 6.07) is 5.46. The molecule has 5 atom stereocenters. The number of ketones is 1. The molecule has 254 valence electrons. The van der Waals surface area contributed by atoms with Gasteiger partial charge in [-0.2, -0.15) is 8.78 Å². The number of carboxylic acids is 1. The van der Waals surface area contributed by atoms with Crippen molar-refractivity contribution in [3.05, 3.63) is 42.1 Å². The quantitative estimate of drug-likeness (QED) is 0.293. The molecule has 0 radical (unpaired) electrons. The Hall–Kier alpha value is -3.96. The lowest BCUT2D eigenvalue weighted by Crippen LogP contribution is -2.45. The second-order valence-electron chi connectivity index (χ2n) is 14.2. The minimum Gasteiger partial charge on any atom is -0.481 e. The molecule has 1 aliphatic carbocycles. The molecular weight excluding hydrogens is 612 g/mol. The van der Waals surface area contributed by atoms with Crippen LogP contribution in [0, 0.1) is 17.3 Å². The fourth-order valence-corrected chi connectivity index (χ4v) is 6.70. The SMILES string of the molecule is CC(C)(C)OC(=O)C[C@H]1CCCCC/C=C\[C@@H]2C[C@@]2(C(=O)O)CC(=O)[C@@H]2C[C@@H](Oc3nc4ccccc4nc3C(C)(F)F)CN2C1=O. The van der Waals surface area contributed by atoms with Gasteiger partial charge in [-0.25, -0.2) is 9.97 Å². The molecule has 5 rings (SSSR count). The Balaban J connectivity index is 1.48. The van der Waals surface area contributed by atoms with Crippen LogP contribution in [0.1, 0.15) is 91.2 Å². The minimum atomic E-state index is -3.40. The molecule has 1 amide bonds. The number of fused-ring (bicyclic) bond motifs is 3. The Labute approximate surface area is 272 Å². The number of allylic oxidation sites excluding steroid dienone is 2. The summed E-state index contributed by atoms with van der Waals surface area (Å²) in [5, 5.41) is 10.1. The maximum absolute atomic E-state index is 14.8. The van der Waals surface area contributed by atoms with Crippen LogP contribution in [-0.2, 0) is 29.8 Å². The van der Waals surface area contributed by atoms with Gasteiger partial charge in [-0.3, -0.25) is 19.2 Å². The van der Waals surface area contributed by atoms with Crippen LogP contribution in [0.3, 0.4) is 0 Å². The molecular formula is C35H43F2N3O7. The number of Topliss-reactive ketones (excluding diaryl/α,β-unsaturated/α-hetero) is 1. The third-order valence-corrected chi connectivity index (χ3v) is 9.17. The van der Waals surface area contributed by atoms with Gasteiger partial charge in [0.05, 0.1) is 35.5 Å². The predicted molar refractivity (Wildman–Crippen MR) is 168 cm³/mol. The van der Waals surface area contributed by atoms with Crippen LogP contribution in [0.2, 0.25) is 0 Å². The number of alkyl halides is 2. The van der Waals surface area contributed by atoms with E-state index in [0.29, 0.717) is 31.7 Å². The molecule has 1 aromatic carbocycles. The van der Waals surface area contributed by atoms with Gasteiger partial charge in [-0.05, 0) is 64.5 Å². The maximum atomic E-state index is 14.8. The highest BCUT2D eigenvalue weighted by molar-refractivity contribution is 5.95. The standard InChI is InChI=1S/C35H43F2N3O7/c1-33(2,3)47-28(42)16-21-12-8-6-5-7-9-13-22-18-35(22,32(44)45)19-27(41)26-17-23(20-40(26)31(21)43)46-30-29(34(4,36)37)38-24-14-10-11-15-25(24)39-30/h9-11,13-15,21-23,26H,5-8,12,16-20H2,1-4H3,(H,44,45)/b13-9-/t21-,22-,23-,26+,35-/m1/s1. The van der Waals surface area contributed by atoms with E-state index in [4.69, 9.17) is 9.47 Å². The smallest absolute Gasteiger partial charge is 0.310 e. The summed E-state index contributed by atoms with van der Waals surface area (Å²) in [6.07, 6.45) is 6.10. The number of hydrogen-bond acceptors (Lipinski definition) is 8. The molecule has 2 fully saturated rings. The number of ether oxygens (including phenoxy) is 2. The molecule has 0 bridgehead atoms. The van der Waals surface area contributed by atoms with E-state index in [2.05, 4.69) is 9.97 Å². The van der Waals surface area contributed by atoms with Crippen LogP contribution < -0.4 is 4.74 Å². The largest absolute Gasteiger partial charge is 0.481 e. The molecule has 2 aromatic rings. The average Bonchev–Trinajstić information content (AvgIpc) is 3.51. The third kappa shape index (κ3) is 7.96. The van der Waals surface area contributed by atoms with E-state index in [1.165, 1.54) is 4.90 Å². The van der Waals surface area contributed by atoms with E-state index in [-0.39, 0.29) is 37.2 Å². The molecule has 0 spiro atoms. The Kier molecular flexibility index (Phi) is 9.71. The highest BCUT2D eigenvalue weighted by Gasteiger charge is 2.61. The van der Waals surface area contributed by atoms with Crippen LogP contribution in [-0.4, -0.2) is 67.9 Å². The molecule has 1 saturated heterocycles. The third-order valence-electron chi connectivity index (χ3n) is 9.17. The van der Waals surface area contributed by atoms with Crippen molar-refractivity contribution in [3.8, 4) is 5.88 Å². The number of carboxylic acid groups (broad SMARTS) is 1. The fourth-order valence-electron chi connectivity index (χ4n) is 6.70. The summed E-state index contributed by atoms with van der Waals surface area (Å²) in [4.78, 5) is 63.3. The first-order valence-corrected chi connectivity index (χ1v) is 16.3. The zero-order chi connectivity index (χ0) is 34.1. The first-order chi connectivity index (χ1) is 22.1. The van der Waals surface area contributed by atoms with Gasteiger partial charge in [-0.1, -0.05) is 37.1 Å². The van der Waals surface area contributed by atoms with Gasteiger partial charge in [-0.15, -0.1) is 0 Å². The van der Waals surface area contributed by atoms with Crippen molar-refractivity contribution in [2.45, 2.75) is 109 Å². The number of carbonyl (C=O) groups is 4. The number of hydrogen-bond donors (Lipinski definition) is 1. The van der Waals surface area contributed by atoms with Crippen molar-refractivity contribution >= 4 is 34.7 Å². The van der Waals surface area contributed by atoms with Crippen LogP contribution in [0.4, 0.5) is 8.78 Å². The summed E-state index contributed by atoms with van der Waals surface area (Å²) in [7, 11) is 0. The van der Waals surface area contributed by atoms with E-state index >= 15 is 0 Å². The molecule has 3 aliphatic rings. The summed E-state index contributed by atoms with van der Waals surface area (Å²) in [5.41, 5.74) is -2.09. The number of amides is 1. The van der Waals surface area contributed by atoms with E-state index in [1.54, 1.807) is 45.0 Å². The van der Waals surface area contributed by atoms with Crippen molar-refractivity contribution in [2.24, 2.45) is 17.3 Å². The van der Waals surface area contributed by atoms with Crippen molar-refractivity contribution in [1.29, 1.82) is 0 Å². The number of nitrogens with zero attached hydrogens (tertiary/aromatic N) is 3. The van der Waals surface area contributed by atoms with Crippen molar-refractivity contribution in [1.82, 2.24) is 14.9 Å². The number of para-hydroxylation sites is 2. The number of benzene rings is 1. The second-order valence-corrected chi connectivity index (χ2v) is 14.2. The van der Waals surface area contributed by atoms with Crippen molar-refractivity contribution in [2.75, 3.05) is 6.54 Å². The van der Waals surface area contributed by atoms with E-state index in [9.17, 15) is 33.1 Å². The van der Waals surface area contributed by atoms with Crippen LogP contribution in [0.5, 0.6) is 5.88 Å². The van der Waals surface area contributed by atoms with Gasteiger partial charge in [0, 0.05) is 25.7 Å². The second kappa shape index (κ2) is 13.3. The van der Waals surface area contributed by atoms with Gasteiger partial charge < -0.3 is 19.5 Å². The maximum Gasteiger partial charge on any atom is 0.310 e. The number of esters is 1. The van der Waals surface area contributed by atoms with Crippen LogP contribution >= 0.6 is 0 Å². The lowest BCUT2D eigenvalue weighted by Gasteiger charge is -2.29. The number of carbonyl (C=O) groups excluding carboxylic acids is 3. The normalized spacial score (nSPS) is 28.1. The molecule has 12 heteroatoms. The summed E-state index contributed by atoms with van der Waals surface area (Å²) >= 11 is 0. The predicted octanol–water partition coefficient (Wildman–Crippen LogP) is 6.01. The lowest BCUT2D eigenvalue weighted by molar-refractivity contribution is -0.159. The first-order valence-electron chi connectivity index (χ1n) is 16.3. The average molecular weight is 656 g/mol. The minimum absolute atomic E-state index is 0.0524. The highest BCUT2D eigenvalue weighted by Crippen LogP contribution is 2.57. The molecule has 0 unspecified atom stereocenters. The van der Waals surface area contributed by atoms with E-state index in [0.717, 1.165) is 19.3 Å². The molecule has 3 heterocycles. The number of halogens is 2.